The molecule has 0 aliphatic heterocycles. The SMILES string of the molecule is CCc1cc2ccccc2[cH-]1.C[CH]=[Zr]([Cl])[Cl].Cc1cc2ccccc2[cH-]1. The molecule has 4 rings (SSSR count). The van der Waals surface area contributed by atoms with Crippen molar-refractivity contribution in [2.45, 2.75) is 27.2 Å². The van der Waals surface area contributed by atoms with Crippen LogP contribution in [-0.4, -0.2) is 3.71 Å². The average molecular weight is 463 g/mol. The van der Waals surface area contributed by atoms with Crippen LogP contribution >= 0.6 is 17.0 Å². The van der Waals surface area contributed by atoms with Crippen LogP contribution in [0.4, 0.5) is 0 Å². The summed E-state index contributed by atoms with van der Waals surface area (Å²) in [6, 6.07) is 25.8. The van der Waals surface area contributed by atoms with Gasteiger partial charge >= 0.3 is 46.5 Å². The van der Waals surface area contributed by atoms with E-state index in [1.165, 1.54) is 32.7 Å². The van der Waals surface area contributed by atoms with Gasteiger partial charge in [0.2, 0.25) is 0 Å². The molecule has 0 aliphatic rings. The van der Waals surface area contributed by atoms with Crippen LogP contribution in [-0.2, 0) is 25.3 Å². The van der Waals surface area contributed by atoms with E-state index in [0.717, 1.165) is 6.42 Å². The molecule has 0 bridgehead atoms. The van der Waals surface area contributed by atoms with Gasteiger partial charge in [0.15, 0.2) is 0 Å². The Morgan fingerprint density at radius 2 is 1.38 bits per heavy atom. The van der Waals surface area contributed by atoms with Crippen molar-refractivity contribution >= 4 is 42.3 Å². The van der Waals surface area contributed by atoms with Crippen LogP contribution in [0.5, 0.6) is 0 Å². The summed E-state index contributed by atoms with van der Waals surface area (Å²) in [5.41, 5.74) is 2.78. The van der Waals surface area contributed by atoms with Crippen molar-refractivity contribution in [3.05, 3.63) is 83.9 Å². The number of rotatable bonds is 1. The van der Waals surface area contributed by atoms with Crippen molar-refractivity contribution in [1.82, 2.24) is 0 Å². The first-order valence-corrected chi connectivity index (χ1v) is 16.5. The third kappa shape index (κ3) is 6.62. The standard InChI is InChI=1S/C11H11.C10H9.C2H4.2ClH.Zr/c1-2-9-7-10-5-3-4-6-11(10)8-9;1-8-6-9-4-2-3-5-10(9)7-8;1-2;;;/h3-8H,2H2,1H3;2-7H,1H3;1H,2H3;2*1H;/q2*-1;;;;+2/p-2. The number of hydrogen-bond donors (Lipinski definition) is 0. The fourth-order valence-corrected chi connectivity index (χ4v) is 2.73. The predicted octanol–water partition coefficient (Wildman–Crippen LogP) is 7.72. The van der Waals surface area contributed by atoms with Gasteiger partial charge < -0.3 is 0 Å². The van der Waals surface area contributed by atoms with Gasteiger partial charge in [-0.05, 0) is 6.42 Å². The Labute approximate surface area is 171 Å². The molecule has 0 saturated heterocycles. The molecular weight excluding hydrogens is 438 g/mol. The second kappa shape index (κ2) is 11.0. The molecule has 0 atom stereocenters. The van der Waals surface area contributed by atoms with Crippen molar-refractivity contribution in [3.8, 4) is 0 Å². The van der Waals surface area contributed by atoms with Crippen LogP contribution in [0.25, 0.3) is 21.5 Å². The minimum absolute atomic E-state index is 1.13. The molecule has 4 aromatic rings. The van der Waals surface area contributed by atoms with E-state index in [2.05, 4.69) is 86.6 Å². The van der Waals surface area contributed by atoms with Gasteiger partial charge in [-0.25, -0.2) is 0 Å². The number of hydrogen-bond acceptors (Lipinski definition) is 0. The quantitative estimate of drug-likeness (QED) is 0.254. The molecule has 136 valence electrons. The molecule has 0 heterocycles. The third-order valence-electron chi connectivity index (χ3n) is 4.07. The van der Waals surface area contributed by atoms with Crippen molar-refractivity contribution in [2.75, 3.05) is 0 Å². The van der Waals surface area contributed by atoms with Crippen molar-refractivity contribution in [2.24, 2.45) is 0 Å². The van der Waals surface area contributed by atoms with E-state index in [9.17, 15) is 0 Å². The molecule has 4 aromatic carbocycles. The fourth-order valence-electron chi connectivity index (χ4n) is 2.73. The van der Waals surface area contributed by atoms with Gasteiger partial charge in [-0.1, -0.05) is 26.0 Å². The zero-order chi connectivity index (χ0) is 18.9. The van der Waals surface area contributed by atoms with E-state index >= 15 is 0 Å². The number of aryl methyl sites for hydroxylation is 2. The van der Waals surface area contributed by atoms with Gasteiger partial charge in [0.25, 0.3) is 0 Å². The molecule has 0 N–H and O–H groups in total. The van der Waals surface area contributed by atoms with Crippen LogP contribution in [0.2, 0.25) is 0 Å². The molecule has 0 fully saturated rings. The first kappa shape index (κ1) is 21.3. The fraction of sp³-hybridized carbons (Fsp3) is 0.174. The van der Waals surface area contributed by atoms with Crippen molar-refractivity contribution in [3.63, 3.8) is 0 Å². The molecule has 0 aliphatic carbocycles. The van der Waals surface area contributed by atoms with Gasteiger partial charge in [-0.15, -0.1) is 81.2 Å². The number of fused-ring (bicyclic) bond motifs is 2. The number of benzene rings is 2. The molecule has 0 amide bonds. The predicted molar refractivity (Wildman–Crippen MR) is 117 cm³/mol. The van der Waals surface area contributed by atoms with E-state index in [0.29, 0.717) is 0 Å². The monoisotopic (exact) mass is 460 g/mol. The van der Waals surface area contributed by atoms with Gasteiger partial charge in [0, 0.05) is 0 Å². The number of halogens is 2. The van der Waals surface area contributed by atoms with E-state index in [1.54, 1.807) is 0 Å². The van der Waals surface area contributed by atoms with Crippen LogP contribution in [0.15, 0.2) is 72.8 Å². The second-order valence-electron chi connectivity index (χ2n) is 6.09. The van der Waals surface area contributed by atoms with Crippen molar-refractivity contribution in [1.29, 1.82) is 0 Å². The summed E-state index contributed by atoms with van der Waals surface area (Å²) in [6.07, 6.45) is 1.13. The normalized spacial score (nSPS) is 9.88. The maximum atomic E-state index is 5.37. The molecule has 0 aromatic heterocycles. The van der Waals surface area contributed by atoms with Gasteiger partial charge in [0.1, 0.15) is 0 Å². The van der Waals surface area contributed by atoms with Gasteiger partial charge in [-0.2, -0.15) is 12.1 Å². The van der Waals surface area contributed by atoms with Crippen LogP contribution in [0, 0.1) is 6.92 Å². The van der Waals surface area contributed by atoms with Crippen molar-refractivity contribution < 1.29 is 18.9 Å². The molecule has 0 saturated carbocycles. The second-order valence-corrected chi connectivity index (χ2v) is 14.9. The van der Waals surface area contributed by atoms with E-state index in [-0.39, 0.29) is 0 Å². The first-order chi connectivity index (χ1) is 12.5. The summed E-state index contributed by atoms with van der Waals surface area (Å²) in [5.74, 6) is 0. The summed E-state index contributed by atoms with van der Waals surface area (Å²) < 4.78 is 1.89. The minimum Gasteiger partial charge on any atom is -0.165 e. The van der Waals surface area contributed by atoms with Gasteiger partial charge in [0.05, 0.1) is 0 Å². The first-order valence-electron chi connectivity index (χ1n) is 8.77. The molecule has 0 nitrogen and oxygen atoms in total. The third-order valence-corrected chi connectivity index (χ3v) is 7.72. The molecular formula is C23H24Cl2Zr-2. The molecule has 0 spiro atoms. The molecule has 26 heavy (non-hydrogen) atoms. The Balaban J connectivity index is 0.000000151. The topological polar surface area (TPSA) is 0 Å². The summed E-state index contributed by atoms with van der Waals surface area (Å²) in [5, 5.41) is 5.42. The maximum Gasteiger partial charge on any atom is -0.0579 e. The van der Waals surface area contributed by atoms with Crippen LogP contribution in [0.3, 0.4) is 0 Å². The summed E-state index contributed by atoms with van der Waals surface area (Å²) in [6.45, 7) is 6.21. The van der Waals surface area contributed by atoms with Gasteiger partial charge in [-0.3, -0.25) is 0 Å². The minimum atomic E-state index is -1.76. The molecule has 3 heteroatoms. The summed E-state index contributed by atoms with van der Waals surface area (Å²) >= 11 is -1.76. The molecule has 0 unspecified atom stereocenters. The average Bonchev–Trinajstić information content (AvgIpc) is 3.24. The Morgan fingerprint density at radius 3 is 1.85 bits per heavy atom. The van der Waals surface area contributed by atoms with Crippen LogP contribution in [0.1, 0.15) is 25.0 Å². The summed E-state index contributed by atoms with van der Waals surface area (Å²) in [7, 11) is 10.7. The van der Waals surface area contributed by atoms with E-state index in [1.807, 2.05) is 10.6 Å². The maximum absolute atomic E-state index is 5.37. The van der Waals surface area contributed by atoms with Crippen LogP contribution < -0.4 is 0 Å². The summed E-state index contributed by atoms with van der Waals surface area (Å²) in [4.78, 5) is 0. The smallest absolute Gasteiger partial charge is 0.0579 e. The zero-order valence-electron chi connectivity index (χ0n) is 15.5. The Hall–Kier alpha value is -1.01. The molecule has 0 radical (unpaired) electrons. The Kier molecular flexibility index (Phi) is 8.99. The largest absolute Gasteiger partial charge is 0.165 e. The zero-order valence-corrected chi connectivity index (χ0v) is 19.4. The Bertz CT molecular complexity index is 906. The van der Waals surface area contributed by atoms with E-state index in [4.69, 9.17) is 17.0 Å². The Morgan fingerprint density at radius 1 is 0.885 bits per heavy atom. The van der Waals surface area contributed by atoms with E-state index < -0.39 is 18.9 Å².